The van der Waals surface area contributed by atoms with E-state index in [2.05, 4.69) is 4.74 Å². The maximum absolute atomic E-state index is 11.5. The van der Waals surface area contributed by atoms with E-state index in [1.807, 2.05) is 0 Å². The molecule has 0 saturated heterocycles. The van der Waals surface area contributed by atoms with Crippen LogP contribution in [0.25, 0.3) is 0 Å². The lowest BCUT2D eigenvalue weighted by Crippen LogP contribution is -2.33. The molecule has 1 atom stereocenters. The van der Waals surface area contributed by atoms with Gasteiger partial charge in [-0.25, -0.2) is 8.78 Å². The third-order valence-electron chi connectivity index (χ3n) is 0.936. The Bertz CT molecular complexity index is 123. The first-order chi connectivity index (χ1) is 4.57. The zero-order chi connectivity index (χ0) is 8.15. The van der Waals surface area contributed by atoms with Crippen molar-refractivity contribution in [1.82, 2.24) is 0 Å². The van der Waals surface area contributed by atoms with E-state index in [9.17, 15) is 13.6 Å². The van der Waals surface area contributed by atoms with Crippen LogP contribution in [0.1, 0.15) is 6.42 Å². The van der Waals surface area contributed by atoms with E-state index >= 15 is 0 Å². The number of esters is 1. The lowest BCUT2D eigenvalue weighted by Gasteiger charge is -2.06. The highest BCUT2D eigenvalue weighted by molar-refractivity contribution is 5.85. The van der Waals surface area contributed by atoms with Crippen LogP contribution >= 0.6 is 12.4 Å². The van der Waals surface area contributed by atoms with E-state index < -0.39 is 24.9 Å². The molecule has 1 unspecified atom stereocenters. The van der Waals surface area contributed by atoms with Gasteiger partial charge in [0.2, 0.25) is 6.43 Å². The molecule has 0 amide bonds. The SMILES string of the molecule is COC(=O)C(N)CC(F)F.Cl. The van der Waals surface area contributed by atoms with Crippen molar-refractivity contribution in [2.24, 2.45) is 5.73 Å². The van der Waals surface area contributed by atoms with Crippen molar-refractivity contribution < 1.29 is 18.3 Å². The number of carbonyl (C=O) groups excluding carboxylic acids is 1. The second-order valence-corrected chi connectivity index (χ2v) is 1.76. The summed E-state index contributed by atoms with van der Waals surface area (Å²) in [7, 11) is 1.10. The Hall–Kier alpha value is -0.420. The molecular formula is C5H10ClF2NO2. The van der Waals surface area contributed by atoms with Gasteiger partial charge in [-0.2, -0.15) is 0 Å². The number of rotatable bonds is 3. The van der Waals surface area contributed by atoms with E-state index in [4.69, 9.17) is 5.73 Å². The molecule has 6 heteroatoms. The molecule has 0 radical (unpaired) electrons. The Kier molecular flexibility index (Phi) is 7.55. The van der Waals surface area contributed by atoms with Gasteiger partial charge in [0.1, 0.15) is 6.04 Å². The summed E-state index contributed by atoms with van der Waals surface area (Å²) in [6, 6.07) is -1.20. The molecule has 0 saturated carbocycles. The quantitative estimate of drug-likeness (QED) is 0.661. The summed E-state index contributed by atoms with van der Waals surface area (Å²) < 4.78 is 27.1. The normalized spacial score (nSPS) is 12.1. The van der Waals surface area contributed by atoms with E-state index in [1.165, 1.54) is 0 Å². The molecule has 0 rings (SSSR count). The van der Waals surface area contributed by atoms with Gasteiger partial charge >= 0.3 is 5.97 Å². The van der Waals surface area contributed by atoms with Crippen LogP contribution in [0.2, 0.25) is 0 Å². The second kappa shape index (κ2) is 6.30. The number of alkyl halides is 2. The molecule has 0 aromatic heterocycles. The van der Waals surface area contributed by atoms with Gasteiger partial charge in [0.05, 0.1) is 7.11 Å². The number of methoxy groups -OCH3 is 1. The average Bonchev–Trinajstić information content (AvgIpc) is 1.85. The highest BCUT2D eigenvalue weighted by atomic mass is 35.5. The fourth-order valence-corrected chi connectivity index (χ4v) is 0.440. The van der Waals surface area contributed by atoms with Crippen LogP contribution in [-0.4, -0.2) is 25.5 Å². The molecule has 3 nitrogen and oxygen atoms in total. The molecule has 0 heterocycles. The number of hydrogen-bond donors (Lipinski definition) is 1. The smallest absolute Gasteiger partial charge is 0.322 e. The van der Waals surface area contributed by atoms with Crippen molar-refractivity contribution in [3.8, 4) is 0 Å². The summed E-state index contributed by atoms with van der Waals surface area (Å²) in [5.74, 6) is -0.805. The van der Waals surface area contributed by atoms with Gasteiger partial charge in [0.15, 0.2) is 0 Å². The first-order valence-electron chi connectivity index (χ1n) is 2.69. The van der Waals surface area contributed by atoms with Crippen LogP contribution in [-0.2, 0) is 9.53 Å². The molecule has 0 aliphatic carbocycles. The predicted molar refractivity (Wildman–Crippen MR) is 37.9 cm³/mol. The second-order valence-electron chi connectivity index (χ2n) is 1.76. The Labute approximate surface area is 69.3 Å². The summed E-state index contributed by atoms with van der Waals surface area (Å²) in [6.07, 6.45) is -3.21. The largest absolute Gasteiger partial charge is 0.468 e. The van der Waals surface area contributed by atoms with Gasteiger partial charge in [0, 0.05) is 6.42 Å². The van der Waals surface area contributed by atoms with Crippen LogP contribution in [0.3, 0.4) is 0 Å². The molecule has 68 valence electrons. The lowest BCUT2D eigenvalue weighted by molar-refractivity contribution is -0.143. The monoisotopic (exact) mass is 189 g/mol. The Morgan fingerprint density at radius 2 is 2.09 bits per heavy atom. The maximum atomic E-state index is 11.5. The molecule has 0 bridgehead atoms. The van der Waals surface area contributed by atoms with Crippen molar-refractivity contribution in [1.29, 1.82) is 0 Å². The third-order valence-corrected chi connectivity index (χ3v) is 0.936. The summed E-state index contributed by atoms with van der Waals surface area (Å²) in [4.78, 5) is 10.4. The summed E-state index contributed by atoms with van der Waals surface area (Å²) in [5, 5.41) is 0. The molecule has 11 heavy (non-hydrogen) atoms. The standard InChI is InChI=1S/C5H9F2NO2.ClH/c1-10-5(9)3(8)2-4(6)7;/h3-4H,2,8H2,1H3;1H. The molecule has 0 aliphatic heterocycles. The molecule has 0 spiro atoms. The summed E-state index contributed by atoms with van der Waals surface area (Å²) >= 11 is 0. The van der Waals surface area contributed by atoms with Gasteiger partial charge in [-0.1, -0.05) is 0 Å². The highest BCUT2D eigenvalue weighted by Crippen LogP contribution is 2.02. The van der Waals surface area contributed by atoms with Crippen LogP contribution in [0.4, 0.5) is 8.78 Å². The molecule has 2 N–H and O–H groups in total. The van der Waals surface area contributed by atoms with Crippen LogP contribution in [0.5, 0.6) is 0 Å². The molecule has 0 aromatic carbocycles. The topological polar surface area (TPSA) is 52.3 Å². The first kappa shape index (κ1) is 13.2. The van der Waals surface area contributed by atoms with Crippen LogP contribution in [0, 0.1) is 0 Å². The number of halogens is 3. The molecule has 0 aliphatic rings. The van der Waals surface area contributed by atoms with E-state index in [1.54, 1.807) is 0 Å². The number of carbonyl (C=O) groups is 1. The molecular weight excluding hydrogens is 180 g/mol. The van der Waals surface area contributed by atoms with Gasteiger partial charge < -0.3 is 10.5 Å². The summed E-state index contributed by atoms with van der Waals surface area (Å²) in [5.41, 5.74) is 4.97. The minimum Gasteiger partial charge on any atom is -0.468 e. The Morgan fingerprint density at radius 1 is 1.64 bits per heavy atom. The van der Waals surface area contributed by atoms with E-state index in [0.29, 0.717) is 0 Å². The zero-order valence-electron chi connectivity index (χ0n) is 5.92. The minimum absolute atomic E-state index is 0. The van der Waals surface area contributed by atoms with Crippen molar-refractivity contribution >= 4 is 18.4 Å². The summed E-state index contributed by atoms with van der Waals surface area (Å²) in [6.45, 7) is 0. The van der Waals surface area contributed by atoms with Crippen LogP contribution < -0.4 is 5.73 Å². The first-order valence-corrected chi connectivity index (χ1v) is 2.69. The van der Waals surface area contributed by atoms with Gasteiger partial charge in [-0.05, 0) is 0 Å². The maximum Gasteiger partial charge on any atom is 0.322 e. The number of ether oxygens (including phenoxy) is 1. The average molecular weight is 190 g/mol. The number of hydrogen-bond acceptors (Lipinski definition) is 3. The van der Waals surface area contributed by atoms with E-state index in [-0.39, 0.29) is 12.4 Å². The zero-order valence-corrected chi connectivity index (χ0v) is 6.74. The number of nitrogens with two attached hydrogens (primary N) is 1. The van der Waals surface area contributed by atoms with Gasteiger partial charge in [-0.15, -0.1) is 12.4 Å². The minimum atomic E-state index is -2.56. The lowest BCUT2D eigenvalue weighted by atomic mass is 10.2. The van der Waals surface area contributed by atoms with Crippen LogP contribution in [0.15, 0.2) is 0 Å². The Morgan fingerprint density at radius 3 is 2.36 bits per heavy atom. The van der Waals surface area contributed by atoms with Crippen molar-refractivity contribution in [2.45, 2.75) is 18.9 Å². The molecule has 0 aromatic rings. The third kappa shape index (κ3) is 6.00. The fourth-order valence-electron chi connectivity index (χ4n) is 0.440. The fraction of sp³-hybridized carbons (Fsp3) is 0.800. The van der Waals surface area contributed by atoms with Gasteiger partial charge in [0.25, 0.3) is 0 Å². The van der Waals surface area contributed by atoms with E-state index in [0.717, 1.165) is 7.11 Å². The predicted octanol–water partition coefficient (Wildman–Crippen LogP) is 0.564. The van der Waals surface area contributed by atoms with Crippen molar-refractivity contribution in [3.63, 3.8) is 0 Å². The van der Waals surface area contributed by atoms with Crippen molar-refractivity contribution in [2.75, 3.05) is 7.11 Å². The molecule has 0 fully saturated rings. The van der Waals surface area contributed by atoms with Gasteiger partial charge in [-0.3, -0.25) is 4.79 Å². The Balaban J connectivity index is 0. The highest BCUT2D eigenvalue weighted by Gasteiger charge is 2.18. The van der Waals surface area contributed by atoms with Crippen molar-refractivity contribution in [3.05, 3.63) is 0 Å².